The molecule has 4 aromatic rings. The molecule has 0 spiro atoms. The van der Waals surface area contributed by atoms with Crippen molar-refractivity contribution in [3.05, 3.63) is 94.8 Å². The molecule has 2 N–H and O–H groups in total. The number of aliphatic carboxylic acids is 1. The summed E-state index contributed by atoms with van der Waals surface area (Å²) in [6.07, 6.45) is -1.39. The first kappa shape index (κ1) is 21.7. The van der Waals surface area contributed by atoms with Gasteiger partial charge < -0.3 is 9.84 Å². The molecule has 172 valence electrons. The fourth-order valence-corrected chi connectivity index (χ4v) is 4.67. The summed E-state index contributed by atoms with van der Waals surface area (Å²) in [5.41, 5.74) is 2.34. The highest BCUT2D eigenvalue weighted by Crippen LogP contribution is 2.41. The van der Waals surface area contributed by atoms with Crippen molar-refractivity contribution in [2.75, 3.05) is 0 Å². The molecule has 0 aliphatic carbocycles. The summed E-state index contributed by atoms with van der Waals surface area (Å²) in [6, 6.07) is 18.9. The molecule has 0 fully saturated rings. The number of hydrogen-bond donors (Lipinski definition) is 2. The number of ether oxygens (including phenoxy) is 1. The van der Waals surface area contributed by atoms with Gasteiger partial charge in [0.05, 0.1) is 12.2 Å². The summed E-state index contributed by atoms with van der Waals surface area (Å²) in [7, 11) is 0. The van der Waals surface area contributed by atoms with Gasteiger partial charge in [-0.15, -0.1) is 10.2 Å². The van der Waals surface area contributed by atoms with Crippen molar-refractivity contribution in [2.45, 2.75) is 39.0 Å². The first-order valence-corrected chi connectivity index (χ1v) is 10.9. The van der Waals surface area contributed by atoms with Gasteiger partial charge >= 0.3 is 12.0 Å². The zero-order valence-electron chi connectivity index (χ0n) is 19.1. The van der Waals surface area contributed by atoms with Crippen LogP contribution in [0.1, 0.15) is 34.2 Å². The van der Waals surface area contributed by atoms with Crippen molar-refractivity contribution in [1.82, 2.24) is 30.0 Å². The van der Waals surface area contributed by atoms with Crippen LogP contribution in [0.25, 0.3) is 5.69 Å². The van der Waals surface area contributed by atoms with Crippen LogP contribution in [0, 0.1) is 20.8 Å². The highest BCUT2D eigenvalue weighted by atomic mass is 16.5. The Hall–Kier alpha value is -4.11. The van der Waals surface area contributed by atoms with E-state index in [1.165, 1.54) is 0 Å². The minimum atomic E-state index is -1.39. The first-order valence-electron chi connectivity index (χ1n) is 10.9. The lowest BCUT2D eigenvalue weighted by atomic mass is 9.77. The van der Waals surface area contributed by atoms with Gasteiger partial charge in [-0.05, 0) is 38.5 Å². The largest absolute Gasteiger partial charge is 0.478 e. The number of benzene rings is 2. The van der Waals surface area contributed by atoms with E-state index >= 15 is 0 Å². The standard InChI is InChI=1S/C25H24N6O3/c1-15-13-16(2)28-24(27-15)34-22(23(32)33)25(18-9-5-4-6-10-18)19-11-7-8-12-20(19)31-17(3)29-30-21(31)14-26-25/h4-13,22,26H,14H2,1-3H3,(H,32,33)/t22?,25-/m0/s1. The third-order valence-corrected chi connectivity index (χ3v) is 6.02. The van der Waals surface area contributed by atoms with Gasteiger partial charge in [-0.25, -0.2) is 14.8 Å². The van der Waals surface area contributed by atoms with Crippen LogP contribution in [0.5, 0.6) is 6.01 Å². The van der Waals surface area contributed by atoms with E-state index in [4.69, 9.17) is 4.74 Å². The molecule has 9 nitrogen and oxygen atoms in total. The Bertz CT molecular complexity index is 1350. The topological polar surface area (TPSA) is 115 Å². The molecule has 0 radical (unpaired) electrons. The summed E-state index contributed by atoms with van der Waals surface area (Å²) in [5.74, 6) is 0.233. The maximum Gasteiger partial charge on any atom is 0.347 e. The van der Waals surface area contributed by atoms with Crippen LogP contribution >= 0.6 is 0 Å². The highest BCUT2D eigenvalue weighted by molar-refractivity contribution is 5.77. The maximum absolute atomic E-state index is 12.9. The molecule has 1 aliphatic rings. The smallest absolute Gasteiger partial charge is 0.347 e. The van der Waals surface area contributed by atoms with E-state index in [-0.39, 0.29) is 12.6 Å². The van der Waals surface area contributed by atoms with Gasteiger partial charge in [0.2, 0.25) is 6.10 Å². The number of carbonyl (C=O) groups is 1. The van der Waals surface area contributed by atoms with Crippen molar-refractivity contribution in [1.29, 1.82) is 0 Å². The molecule has 9 heteroatoms. The van der Waals surface area contributed by atoms with Crippen LogP contribution < -0.4 is 10.1 Å². The molecule has 0 saturated heterocycles. The first-order chi connectivity index (χ1) is 16.4. The Morgan fingerprint density at radius 1 is 1.03 bits per heavy atom. The number of nitrogens with zero attached hydrogens (tertiary/aromatic N) is 5. The Balaban J connectivity index is 1.78. The molecule has 2 atom stereocenters. The quantitative estimate of drug-likeness (QED) is 0.471. The molecule has 1 unspecified atom stereocenters. The van der Waals surface area contributed by atoms with Crippen molar-refractivity contribution in [2.24, 2.45) is 0 Å². The van der Waals surface area contributed by atoms with Crippen LogP contribution in [0.2, 0.25) is 0 Å². The van der Waals surface area contributed by atoms with Gasteiger partial charge in [0.25, 0.3) is 0 Å². The van der Waals surface area contributed by atoms with Crippen LogP contribution in [-0.4, -0.2) is 41.9 Å². The molecular formula is C25H24N6O3. The Labute approximate surface area is 196 Å². The monoisotopic (exact) mass is 456 g/mol. The maximum atomic E-state index is 12.9. The number of aromatic nitrogens is 5. The number of carboxylic acids is 1. The fourth-order valence-electron chi connectivity index (χ4n) is 4.67. The van der Waals surface area contributed by atoms with E-state index in [9.17, 15) is 9.90 Å². The Kier molecular flexibility index (Phi) is 5.33. The van der Waals surface area contributed by atoms with E-state index in [0.717, 1.165) is 16.8 Å². The van der Waals surface area contributed by atoms with E-state index in [1.807, 2.05) is 86.0 Å². The molecule has 2 aromatic heterocycles. The summed E-state index contributed by atoms with van der Waals surface area (Å²) in [5, 5.41) is 22.6. The van der Waals surface area contributed by atoms with Gasteiger partial charge in [-0.2, -0.15) is 0 Å². The number of carboxylic acid groups (broad SMARTS) is 1. The molecule has 0 amide bonds. The summed E-state index contributed by atoms with van der Waals surface area (Å²) >= 11 is 0. The van der Waals surface area contributed by atoms with Gasteiger partial charge in [0.15, 0.2) is 5.82 Å². The summed E-state index contributed by atoms with van der Waals surface area (Å²) in [4.78, 5) is 21.6. The minimum absolute atomic E-state index is 0.0133. The van der Waals surface area contributed by atoms with E-state index in [1.54, 1.807) is 0 Å². The molecule has 1 aliphatic heterocycles. The number of fused-ring (bicyclic) bond motifs is 3. The second kappa shape index (κ2) is 8.35. The third kappa shape index (κ3) is 3.50. The SMILES string of the molecule is Cc1cc(C)nc(OC(C(=O)O)[C@@]2(c3ccccc3)NCc3nnc(C)n3-c3ccccc32)n1. The summed E-state index contributed by atoms with van der Waals surface area (Å²) in [6.45, 7) is 5.78. The lowest BCUT2D eigenvalue weighted by molar-refractivity contribution is -0.149. The fraction of sp³-hybridized carbons (Fsp3) is 0.240. The molecule has 5 rings (SSSR count). The van der Waals surface area contributed by atoms with E-state index in [2.05, 4.69) is 25.5 Å². The van der Waals surface area contributed by atoms with Crippen LogP contribution in [-0.2, 0) is 16.9 Å². The zero-order valence-corrected chi connectivity index (χ0v) is 19.1. The lowest BCUT2D eigenvalue weighted by Crippen LogP contribution is -2.57. The van der Waals surface area contributed by atoms with E-state index < -0.39 is 17.6 Å². The van der Waals surface area contributed by atoms with Crippen LogP contribution in [0.4, 0.5) is 0 Å². The van der Waals surface area contributed by atoms with Crippen molar-refractivity contribution in [3.8, 4) is 11.7 Å². The normalized spacial score (nSPS) is 17.9. The second-order valence-corrected chi connectivity index (χ2v) is 8.31. The van der Waals surface area contributed by atoms with Crippen molar-refractivity contribution in [3.63, 3.8) is 0 Å². The minimum Gasteiger partial charge on any atom is -0.478 e. The van der Waals surface area contributed by atoms with Crippen molar-refractivity contribution >= 4 is 5.97 Å². The zero-order chi connectivity index (χ0) is 23.9. The average Bonchev–Trinajstić information content (AvgIpc) is 3.11. The predicted octanol–water partition coefficient (Wildman–Crippen LogP) is 2.86. The average molecular weight is 457 g/mol. The molecule has 3 heterocycles. The molecule has 34 heavy (non-hydrogen) atoms. The van der Waals surface area contributed by atoms with Crippen LogP contribution in [0.3, 0.4) is 0 Å². The number of para-hydroxylation sites is 1. The Morgan fingerprint density at radius 2 is 1.71 bits per heavy atom. The summed E-state index contributed by atoms with van der Waals surface area (Å²) < 4.78 is 8.07. The highest BCUT2D eigenvalue weighted by Gasteiger charge is 2.51. The van der Waals surface area contributed by atoms with Crippen molar-refractivity contribution < 1.29 is 14.6 Å². The molecule has 0 saturated carbocycles. The van der Waals surface area contributed by atoms with Gasteiger partial charge in [-0.3, -0.25) is 9.88 Å². The third-order valence-electron chi connectivity index (χ3n) is 6.02. The molecule has 2 aromatic carbocycles. The molecular weight excluding hydrogens is 432 g/mol. The van der Waals surface area contributed by atoms with E-state index in [0.29, 0.717) is 23.0 Å². The lowest BCUT2D eigenvalue weighted by Gasteiger charge is -2.39. The number of rotatable bonds is 5. The number of nitrogens with one attached hydrogen (secondary N) is 1. The van der Waals surface area contributed by atoms with Gasteiger partial charge in [0, 0.05) is 17.0 Å². The number of hydrogen-bond acceptors (Lipinski definition) is 7. The number of aryl methyl sites for hydroxylation is 3. The van der Waals surface area contributed by atoms with Gasteiger partial charge in [0.1, 0.15) is 11.4 Å². The second-order valence-electron chi connectivity index (χ2n) is 8.31. The Morgan fingerprint density at radius 3 is 2.41 bits per heavy atom. The van der Waals surface area contributed by atoms with Crippen LogP contribution in [0.15, 0.2) is 60.7 Å². The predicted molar refractivity (Wildman–Crippen MR) is 124 cm³/mol. The molecule has 0 bridgehead atoms. The van der Waals surface area contributed by atoms with Gasteiger partial charge in [-0.1, -0.05) is 48.5 Å².